The fourth-order valence-corrected chi connectivity index (χ4v) is 3.90. The highest BCUT2D eigenvalue weighted by molar-refractivity contribution is 9.10. The van der Waals surface area contributed by atoms with Gasteiger partial charge in [-0.05, 0) is 55.2 Å². The zero-order valence-electron chi connectivity index (χ0n) is 15.0. The molecule has 3 rings (SSSR count). The van der Waals surface area contributed by atoms with Gasteiger partial charge in [-0.2, -0.15) is 0 Å². The van der Waals surface area contributed by atoms with Crippen molar-refractivity contribution in [2.75, 3.05) is 13.1 Å². The summed E-state index contributed by atoms with van der Waals surface area (Å²) in [5.41, 5.74) is 1.66. The van der Waals surface area contributed by atoms with Crippen molar-refractivity contribution in [1.29, 1.82) is 0 Å². The van der Waals surface area contributed by atoms with E-state index in [4.69, 9.17) is 11.6 Å². The van der Waals surface area contributed by atoms with Gasteiger partial charge in [-0.15, -0.1) is 0 Å². The van der Waals surface area contributed by atoms with Crippen molar-refractivity contribution >= 4 is 39.3 Å². The summed E-state index contributed by atoms with van der Waals surface area (Å²) in [6.45, 7) is 1.11. The Kier molecular flexibility index (Phi) is 6.91. The first-order valence-corrected chi connectivity index (χ1v) is 10.3. The van der Waals surface area contributed by atoms with Crippen molar-refractivity contribution in [1.82, 2.24) is 10.2 Å². The minimum atomic E-state index is -0.163. The van der Waals surface area contributed by atoms with E-state index in [1.165, 1.54) is 0 Å². The average Bonchev–Trinajstić information content (AvgIpc) is 3.12. The third-order valence-corrected chi connectivity index (χ3v) is 5.74. The summed E-state index contributed by atoms with van der Waals surface area (Å²) in [7, 11) is 0. The third kappa shape index (κ3) is 5.33. The van der Waals surface area contributed by atoms with E-state index in [-0.39, 0.29) is 17.9 Å². The molecule has 1 heterocycles. The summed E-state index contributed by atoms with van der Waals surface area (Å²) in [4.78, 5) is 26.7. The predicted molar refractivity (Wildman–Crippen MR) is 111 cm³/mol. The molecule has 1 fully saturated rings. The number of rotatable bonds is 6. The average molecular weight is 450 g/mol. The molecule has 2 aromatic rings. The van der Waals surface area contributed by atoms with E-state index in [0.717, 1.165) is 40.9 Å². The molecule has 142 valence electrons. The number of likely N-dealkylation sites (tertiary alicyclic amines) is 1. The van der Waals surface area contributed by atoms with Crippen LogP contribution in [0.4, 0.5) is 0 Å². The first-order valence-electron chi connectivity index (χ1n) is 9.11. The maximum Gasteiger partial charge on any atom is 0.251 e. The Bertz CT molecular complexity index is 810. The molecule has 1 aliphatic heterocycles. The van der Waals surface area contributed by atoms with Crippen molar-refractivity contribution in [2.24, 2.45) is 0 Å². The standard InChI is InChI=1S/C21H22BrClN2O2/c22-17-9-7-15(8-10-17)21(27)24-12-11-20(26)25-13-3-5-18(25)14-16-4-1-2-6-19(16)23/h1-2,4,6-10,18H,3,5,11-14H2,(H,24,27). The summed E-state index contributed by atoms with van der Waals surface area (Å²) in [6.07, 6.45) is 3.08. The van der Waals surface area contributed by atoms with Crippen LogP contribution < -0.4 is 5.32 Å². The summed E-state index contributed by atoms with van der Waals surface area (Å²) >= 11 is 9.61. The number of hydrogen-bond donors (Lipinski definition) is 1. The van der Waals surface area contributed by atoms with Crippen LogP contribution in [0.5, 0.6) is 0 Å². The predicted octanol–water partition coefficient (Wildman–Crippen LogP) is 4.46. The van der Waals surface area contributed by atoms with Crippen molar-refractivity contribution in [2.45, 2.75) is 31.7 Å². The van der Waals surface area contributed by atoms with Gasteiger partial charge in [0.1, 0.15) is 0 Å². The number of amides is 2. The molecule has 0 spiro atoms. The second-order valence-corrected chi connectivity index (χ2v) is 8.01. The molecule has 4 nitrogen and oxygen atoms in total. The van der Waals surface area contributed by atoms with Crippen LogP contribution in [0.15, 0.2) is 53.0 Å². The van der Waals surface area contributed by atoms with Gasteiger partial charge in [-0.1, -0.05) is 45.7 Å². The number of nitrogens with zero attached hydrogens (tertiary/aromatic N) is 1. The molecule has 1 N–H and O–H groups in total. The Balaban J connectivity index is 1.50. The maximum atomic E-state index is 12.6. The fraction of sp³-hybridized carbons (Fsp3) is 0.333. The minimum Gasteiger partial charge on any atom is -0.352 e. The monoisotopic (exact) mass is 448 g/mol. The zero-order valence-corrected chi connectivity index (χ0v) is 17.3. The lowest BCUT2D eigenvalue weighted by Crippen LogP contribution is -2.38. The van der Waals surface area contributed by atoms with Crippen LogP contribution in [0.3, 0.4) is 0 Å². The molecule has 0 aliphatic carbocycles. The van der Waals surface area contributed by atoms with Gasteiger partial charge in [0.05, 0.1) is 0 Å². The quantitative estimate of drug-likeness (QED) is 0.708. The van der Waals surface area contributed by atoms with Gasteiger partial charge in [0.15, 0.2) is 0 Å². The van der Waals surface area contributed by atoms with E-state index in [1.54, 1.807) is 12.1 Å². The molecule has 6 heteroatoms. The van der Waals surface area contributed by atoms with Crippen molar-refractivity contribution < 1.29 is 9.59 Å². The number of carbonyl (C=O) groups is 2. The van der Waals surface area contributed by atoms with Crippen LogP contribution >= 0.6 is 27.5 Å². The van der Waals surface area contributed by atoms with E-state index in [0.29, 0.717) is 18.5 Å². The highest BCUT2D eigenvalue weighted by Gasteiger charge is 2.28. The lowest BCUT2D eigenvalue weighted by Gasteiger charge is -2.25. The number of nitrogens with one attached hydrogen (secondary N) is 1. The van der Waals surface area contributed by atoms with Crippen LogP contribution in [-0.2, 0) is 11.2 Å². The normalized spacial score (nSPS) is 16.4. The molecule has 0 saturated carbocycles. The van der Waals surface area contributed by atoms with E-state index in [2.05, 4.69) is 21.2 Å². The van der Waals surface area contributed by atoms with E-state index < -0.39 is 0 Å². The summed E-state index contributed by atoms with van der Waals surface area (Å²) in [5, 5.41) is 3.57. The SMILES string of the molecule is O=C(NCCC(=O)N1CCCC1Cc1ccccc1Cl)c1ccc(Br)cc1. The first-order chi connectivity index (χ1) is 13.0. The topological polar surface area (TPSA) is 49.4 Å². The summed E-state index contributed by atoms with van der Waals surface area (Å²) in [6, 6.07) is 15.1. The molecule has 0 radical (unpaired) electrons. The Labute approximate surface area is 173 Å². The smallest absolute Gasteiger partial charge is 0.251 e. The Hall–Kier alpha value is -1.85. The molecule has 1 atom stereocenters. The van der Waals surface area contributed by atoms with Crippen molar-refractivity contribution in [3.63, 3.8) is 0 Å². The largest absolute Gasteiger partial charge is 0.352 e. The van der Waals surface area contributed by atoms with Crippen molar-refractivity contribution in [3.8, 4) is 0 Å². The molecule has 1 saturated heterocycles. The molecule has 1 unspecified atom stereocenters. The first kappa shape index (κ1) is 19.9. The Morgan fingerprint density at radius 3 is 2.63 bits per heavy atom. The molecule has 2 aromatic carbocycles. The van der Waals surface area contributed by atoms with Crippen LogP contribution in [0.2, 0.25) is 5.02 Å². The third-order valence-electron chi connectivity index (χ3n) is 4.84. The van der Waals surface area contributed by atoms with Crippen LogP contribution in [-0.4, -0.2) is 35.8 Å². The van der Waals surface area contributed by atoms with Crippen LogP contribution in [0.25, 0.3) is 0 Å². The van der Waals surface area contributed by atoms with Gasteiger partial charge in [0.2, 0.25) is 5.91 Å². The van der Waals surface area contributed by atoms with Gasteiger partial charge < -0.3 is 10.2 Å². The lowest BCUT2D eigenvalue weighted by atomic mass is 10.0. The summed E-state index contributed by atoms with van der Waals surface area (Å²) in [5.74, 6) is -0.0787. The van der Waals surface area contributed by atoms with Gasteiger partial charge in [-0.25, -0.2) is 0 Å². The fourth-order valence-electron chi connectivity index (χ4n) is 3.42. The highest BCUT2D eigenvalue weighted by Crippen LogP contribution is 2.25. The van der Waals surface area contributed by atoms with E-state index in [1.807, 2.05) is 41.3 Å². The van der Waals surface area contributed by atoms with Gasteiger partial charge in [0.25, 0.3) is 5.91 Å². The molecule has 2 amide bonds. The molecular weight excluding hydrogens is 428 g/mol. The Morgan fingerprint density at radius 2 is 1.89 bits per heavy atom. The molecule has 0 aromatic heterocycles. The van der Waals surface area contributed by atoms with E-state index in [9.17, 15) is 9.59 Å². The second-order valence-electron chi connectivity index (χ2n) is 6.69. The highest BCUT2D eigenvalue weighted by atomic mass is 79.9. The molecule has 27 heavy (non-hydrogen) atoms. The minimum absolute atomic E-state index is 0.0839. The van der Waals surface area contributed by atoms with Crippen molar-refractivity contribution in [3.05, 3.63) is 69.2 Å². The lowest BCUT2D eigenvalue weighted by molar-refractivity contribution is -0.131. The van der Waals surface area contributed by atoms with Crippen LogP contribution in [0.1, 0.15) is 35.2 Å². The van der Waals surface area contributed by atoms with E-state index >= 15 is 0 Å². The molecular formula is C21H22BrClN2O2. The zero-order chi connectivity index (χ0) is 19.2. The second kappa shape index (κ2) is 9.38. The van der Waals surface area contributed by atoms with Crippen LogP contribution in [0, 0.1) is 0 Å². The summed E-state index contributed by atoms with van der Waals surface area (Å²) < 4.78 is 0.924. The number of halogens is 2. The molecule has 1 aliphatic rings. The number of hydrogen-bond acceptors (Lipinski definition) is 2. The number of benzene rings is 2. The van der Waals surface area contributed by atoms with Gasteiger partial charge in [0, 0.05) is 40.6 Å². The van der Waals surface area contributed by atoms with Gasteiger partial charge in [-0.3, -0.25) is 9.59 Å². The number of carbonyl (C=O) groups excluding carboxylic acids is 2. The maximum absolute atomic E-state index is 12.6. The Morgan fingerprint density at radius 1 is 1.15 bits per heavy atom. The molecule has 0 bridgehead atoms. The van der Waals surface area contributed by atoms with Gasteiger partial charge >= 0.3 is 0 Å².